The van der Waals surface area contributed by atoms with Gasteiger partial charge in [-0.15, -0.1) is 0 Å². The average Bonchev–Trinajstić information content (AvgIpc) is 2.74. The maximum Gasteiger partial charge on any atom is 0.305 e. The first-order valence-corrected chi connectivity index (χ1v) is 11.2. The molecule has 3 unspecified atom stereocenters. The van der Waals surface area contributed by atoms with Crippen LogP contribution in [-0.2, 0) is 30.5 Å². The molecule has 0 saturated carbocycles. The van der Waals surface area contributed by atoms with E-state index < -0.39 is 36.3 Å². The van der Waals surface area contributed by atoms with Gasteiger partial charge in [0.25, 0.3) is 0 Å². The van der Waals surface area contributed by atoms with Crippen molar-refractivity contribution < 1.29 is 38.8 Å². The van der Waals surface area contributed by atoms with E-state index in [1.54, 1.807) is 18.2 Å². The van der Waals surface area contributed by atoms with Crippen molar-refractivity contribution in [2.75, 3.05) is 11.9 Å². The van der Waals surface area contributed by atoms with Crippen LogP contribution in [0.5, 0.6) is 5.75 Å². The van der Waals surface area contributed by atoms with Gasteiger partial charge in [-0.05, 0) is 31.5 Å². The molecule has 33 heavy (non-hydrogen) atoms. The molecule has 0 radical (unpaired) electrons. The number of amides is 1. The van der Waals surface area contributed by atoms with Crippen LogP contribution in [0.2, 0.25) is 0 Å². The second-order valence-electron chi connectivity index (χ2n) is 7.64. The molecule has 10 heteroatoms. The number of hydrogen-bond donors (Lipinski definition) is 4. The third kappa shape index (κ3) is 10.5. The first-order chi connectivity index (χ1) is 15.6. The molecule has 186 valence electrons. The van der Waals surface area contributed by atoms with E-state index >= 15 is 0 Å². The van der Waals surface area contributed by atoms with Gasteiger partial charge in [0.15, 0.2) is 0 Å². The number of anilines is 1. The van der Waals surface area contributed by atoms with Crippen molar-refractivity contribution in [2.45, 2.75) is 85.0 Å². The van der Waals surface area contributed by atoms with Gasteiger partial charge in [-0.2, -0.15) is 0 Å². The van der Waals surface area contributed by atoms with E-state index in [0.717, 1.165) is 0 Å². The van der Waals surface area contributed by atoms with Crippen molar-refractivity contribution in [1.29, 1.82) is 0 Å². The Balaban J connectivity index is 0.00000265. The summed E-state index contributed by atoms with van der Waals surface area (Å²) in [5, 5.41) is 24.6. The molecule has 1 aromatic carbocycles. The summed E-state index contributed by atoms with van der Waals surface area (Å²) in [5.41, 5.74) is 1.39. The third-order valence-corrected chi connectivity index (χ3v) is 4.39. The zero-order valence-corrected chi connectivity index (χ0v) is 19.9. The van der Waals surface area contributed by atoms with E-state index in [1.165, 1.54) is 6.92 Å². The number of carboxylic acid groups (broad SMARTS) is 1. The maximum atomic E-state index is 12.3. The highest BCUT2D eigenvalue weighted by Crippen LogP contribution is 2.31. The molecule has 2 rings (SSSR count). The zero-order valence-electron chi connectivity index (χ0n) is 19.9. The predicted molar refractivity (Wildman–Crippen MR) is 122 cm³/mol. The highest BCUT2D eigenvalue weighted by atomic mass is 16.7. The number of rotatable bonds is 10. The Bertz CT molecular complexity index is 784. The number of carboxylic acids is 1. The SMILES string of the molecule is CC.CC(=O)OCc1ccc(NC(C)C)c(OC2CC(O)CC(C(=O)NCCC(=O)O)O2)c1. The lowest BCUT2D eigenvalue weighted by atomic mass is 10.0. The van der Waals surface area contributed by atoms with Gasteiger partial charge in [-0.3, -0.25) is 14.4 Å². The average molecular weight is 469 g/mol. The summed E-state index contributed by atoms with van der Waals surface area (Å²) in [4.78, 5) is 34.0. The lowest BCUT2D eigenvalue weighted by Crippen LogP contribution is -2.47. The Morgan fingerprint density at radius 1 is 1.21 bits per heavy atom. The summed E-state index contributed by atoms with van der Waals surface area (Å²) >= 11 is 0. The van der Waals surface area contributed by atoms with E-state index in [9.17, 15) is 19.5 Å². The topological polar surface area (TPSA) is 143 Å². The molecular weight excluding hydrogens is 432 g/mol. The van der Waals surface area contributed by atoms with Crippen molar-refractivity contribution in [2.24, 2.45) is 0 Å². The number of esters is 1. The minimum Gasteiger partial charge on any atom is -0.481 e. The fraction of sp³-hybridized carbons (Fsp3) is 0.609. The van der Waals surface area contributed by atoms with Crippen LogP contribution >= 0.6 is 0 Å². The lowest BCUT2D eigenvalue weighted by Gasteiger charge is -2.33. The van der Waals surface area contributed by atoms with Crippen LogP contribution < -0.4 is 15.4 Å². The number of aliphatic carboxylic acids is 1. The fourth-order valence-corrected chi connectivity index (χ4v) is 3.02. The van der Waals surface area contributed by atoms with Gasteiger partial charge in [0.05, 0.1) is 18.2 Å². The zero-order chi connectivity index (χ0) is 25.0. The molecule has 0 aromatic heterocycles. The van der Waals surface area contributed by atoms with Crippen molar-refractivity contribution >= 4 is 23.5 Å². The van der Waals surface area contributed by atoms with Crippen molar-refractivity contribution in [3.63, 3.8) is 0 Å². The Morgan fingerprint density at radius 3 is 2.52 bits per heavy atom. The second kappa shape index (κ2) is 14.3. The minimum absolute atomic E-state index is 0.0315. The Hall–Kier alpha value is -2.85. The maximum absolute atomic E-state index is 12.3. The van der Waals surface area contributed by atoms with Gasteiger partial charge in [-0.25, -0.2) is 0 Å². The molecule has 0 bridgehead atoms. The van der Waals surface area contributed by atoms with Gasteiger partial charge < -0.3 is 35.1 Å². The molecular formula is C23H36N2O8. The van der Waals surface area contributed by atoms with Gasteiger partial charge in [-0.1, -0.05) is 19.9 Å². The summed E-state index contributed by atoms with van der Waals surface area (Å²) in [6.45, 7) is 9.31. The van der Waals surface area contributed by atoms with Crippen LogP contribution in [0, 0.1) is 0 Å². The summed E-state index contributed by atoms with van der Waals surface area (Å²) in [5.74, 6) is -1.49. The summed E-state index contributed by atoms with van der Waals surface area (Å²) in [6, 6.07) is 5.42. The molecule has 1 amide bonds. The highest BCUT2D eigenvalue weighted by molar-refractivity contribution is 5.81. The minimum atomic E-state index is -1.02. The molecule has 1 heterocycles. The summed E-state index contributed by atoms with van der Waals surface area (Å²) in [6.07, 6.45) is -2.64. The highest BCUT2D eigenvalue weighted by Gasteiger charge is 2.34. The van der Waals surface area contributed by atoms with Crippen LogP contribution in [0.3, 0.4) is 0 Å². The number of aliphatic hydroxyl groups excluding tert-OH is 1. The molecule has 0 spiro atoms. The Morgan fingerprint density at radius 2 is 1.91 bits per heavy atom. The van der Waals surface area contributed by atoms with Crippen LogP contribution in [-0.4, -0.2) is 59.1 Å². The molecule has 1 fully saturated rings. The van der Waals surface area contributed by atoms with Crippen LogP contribution in [0.25, 0.3) is 0 Å². The number of carbonyl (C=O) groups is 3. The van der Waals surface area contributed by atoms with E-state index in [4.69, 9.17) is 19.3 Å². The van der Waals surface area contributed by atoms with Crippen LogP contribution in [0.15, 0.2) is 18.2 Å². The Labute approximate surface area is 194 Å². The van der Waals surface area contributed by atoms with Gasteiger partial charge in [0, 0.05) is 32.4 Å². The predicted octanol–water partition coefficient (Wildman–Crippen LogP) is 2.43. The summed E-state index contributed by atoms with van der Waals surface area (Å²) in [7, 11) is 0. The van der Waals surface area contributed by atoms with Crippen LogP contribution in [0.1, 0.15) is 59.4 Å². The van der Waals surface area contributed by atoms with E-state index in [-0.39, 0.29) is 38.5 Å². The first-order valence-electron chi connectivity index (χ1n) is 11.2. The summed E-state index contributed by atoms with van der Waals surface area (Å²) < 4.78 is 16.7. The molecule has 1 aliphatic heterocycles. The monoisotopic (exact) mass is 468 g/mol. The smallest absolute Gasteiger partial charge is 0.305 e. The van der Waals surface area contributed by atoms with E-state index in [0.29, 0.717) is 17.0 Å². The quantitative estimate of drug-likeness (QED) is 0.381. The third-order valence-electron chi connectivity index (χ3n) is 4.39. The number of nitrogens with one attached hydrogen (secondary N) is 2. The van der Waals surface area contributed by atoms with Gasteiger partial charge in [0.2, 0.25) is 12.2 Å². The van der Waals surface area contributed by atoms with Crippen molar-refractivity contribution in [3.8, 4) is 5.75 Å². The van der Waals surface area contributed by atoms with Gasteiger partial charge >= 0.3 is 11.9 Å². The second-order valence-corrected chi connectivity index (χ2v) is 7.64. The number of ether oxygens (including phenoxy) is 3. The largest absolute Gasteiger partial charge is 0.481 e. The van der Waals surface area contributed by atoms with E-state index in [1.807, 2.05) is 27.7 Å². The standard InChI is InChI=1S/C21H30N2O8.C2H6/c1-12(2)23-16-5-4-14(11-29-13(3)24)8-17(16)30-20-10-15(25)9-18(31-20)21(28)22-7-6-19(26)27;1-2/h4-5,8,12,15,18,20,23,25H,6-7,9-11H2,1-3H3,(H,22,28)(H,26,27);1-2H3. The molecule has 10 nitrogen and oxygen atoms in total. The lowest BCUT2D eigenvalue weighted by molar-refractivity contribution is -0.184. The van der Waals surface area contributed by atoms with Gasteiger partial charge in [0.1, 0.15) is 18.5 Å². The molecule has 0 aliphatic carbocycles. The first kappa shape index (κ1) is 28.2. The van der Waals surface area contributed by atoms with Crippen molar-refractivity contribution in [3.05, 3.63) is 23.8 Å². The molecule has 4 N–H and O–H groups in total. The molecule has 1 saturated heterocycles. The van der Waals surface area contributed by atoms with Crippen molar-refractivity contribution in [1.82, 2.24) is 5.32 Å². The number of carbonyl (C=O) groups excluding carboxylic acids is 2. The molecule has 1 aliphatic rings. The normalized spacial score (nSPS) is 19.7. The fourth-order valence-electron chi connectivity index (χ4n) is 3.02. The number of benzene rings is 1. The number of aliphatic hydroxyl groups is 1. The van der Waals surface area contributed by atoms with Crippen LogP contribution in [0.4, 0.5) is 5.69 Å². The molecule has 3 atom stereocenters. The Kier molecular flexibility index (Phi) is 12.2. The number of hydrogen-bond acceptors (Lipinski definition) is 8. The molecule has 1 aromatic rings. The van der Waals surface area contributed by atoms with E-state index in [2.05, 4.69) is 10.6 Å².